The number of anilines is 2. The summed E-state index contributed by atoms with van der Waals surface area (Å²) in [5, 5.41) is 3.83. The van der Waals surface area contributed by atoms with Gasteiger partial charge in [0.25, 0.3) is 5.91 Å². The summed E-state index contributed by atoms with van der Waals surface area (Å²) in [5.74, 6) is -1.29. The van der Waals surface area contributed by atoms with Crippen LogP contribution in [-0.4, -0.2) is 45.8 Å². The molecule has 9 nitrogen and oxygen atoms in total. The summed E-state index contributed by atoms with van der Waals surface area (Å²) in [4.78, 5) is 51.0. The number of nitrogen functional groups attached to an aromatic ring is 1. The Bertz CT molecular complexity index is 1340. The van der Waals surface area contributed by atoms with E-state index in [1.54, 1.807) is 68.1 Å². The Balaban J connectivity index is 1.62. The van der Waals surface area contributed by atoms with Crippen molar-refractivity contribution < 1.29 is 14.4 Å². The molecule has 0 radical (unpaired) electrons. The topological polar surface area (TPSA) is 122 Å². The minimum Gasteiger partial charge on any atom is -0.384 e. The maximum absolute atomic E-state index is 13.7. The molecular formula is C27H28Cl2N6O3. The zero-order chi connectivity index (χ0) is 27.4. The van der Waals surface area contributed by atoms with Crippen molar-refractivity contribution in [3.05, 3.63) is 82.2 Å². The monoisotopic (exact) mass is 554 g/mol. The third kappa shape index (κ3) is 5.74. The van der Waals surface area contributed by atoms with Crippen molar-refractivity contribution in [1.82, 2.24) is 20.2 Å². The number of rotatable bonds is 8. The number of hydrogen-bond donors (Lipinski definition) is 2. The van der Waals surface area contributed by atoms with Crippen LogP contribution in [0.3, 0.4) is 0 Å². The van der Waals surface area contributed by atoms with Crippen LogP contribution in [-0.2, 0) is 16.0 Å². The number of urea groups is 1. The van der Waals surface area contributed by atoms with E-state index in [9.17, 15) is 14.4 Å². The molecule has 0 unspecified atom stereocenters. The Morgan fingerprint density at radius 3 is 2.55 bits per heavy atom. The lowest BCUT2D eigenvalue weighted by Gasteiger charge is -2.46. The van der Waals surface area contributed by atoms with Gasteiger partial charge in [-0.2, -0.15) is 0 Å². The molecule has 1 aliphatic rings. The minimum atomic E-state index is -1.02. The molecule has 3 aromatic rings. The molecule has 2 aromatic heterocycles. The van der Waals surface area contributed by atoms with Gasteiger partial charge in [-0.05, 0) is 66.4 Å². The SMILES string of the molecule is CCC[C@@H](NC(=O)N1C(=O)[C@H](Cc2ccnc(N)c2)[C@H]1C(=O)N(C)c1ccncc1)c1cc(Cl)ccc1Cl. The molecule has 0 spiro atoms. The van der Waals surface area contributed by atoms with E-state index in [1.165, 1.54) is 4.90 Å². The van der Waals surface area contributed by atoms with Gasteiger partial charge in [0, 0.05) is 41.4 Å². The number of imide groups is 1. The number of likely N-dealkylation sites (tertiary alicyclic amines) is 1. The van der Waals surface area contributed by atoms with E-state index in [4.69, 9.17) is 28.9 Å². The second-order valence-electron chi connectivity index (χ2n) is 9.11. The average molecular weight is 555 g/mol. The van der Waals surface area contributed by atoms with Crippen molar-refractivity contribution in [2.75, 3.05) is 17.7 Å². The fourth-order valence-electron chi connectivity index (χ4n) is 4.62. The number of aromatic nitrogens is 2. The third-order valence-electron chi connectivity index (χ3n) is 6.58. The molecule has 0 saturated carbocycles. The van der Waals surface area contributed by atoms with Crippen molar-refractivity contribution in [3.8, 4) is 0 Å². The number of pyridine rings is 2. The zero-order valence-electron chi connectivity index (χ0n) is 21.0. The lowest BCUT2D eigenvalue weighted by atomic mass is 9.81. The first-order valence-corrected chi connectivity index (χ1v) is 12.9. The molecule has 1 fully saturated rings. The Morgan fingerprint density at radius 1 is 1.13 bits per heavy atom. The van der Waals surface area contributed by atoms with Gasteiger partial charge in [0.2, 0.25) is 5.91 Å². The predicted octanol–water partition coefficient (Wildman–Crippen LogP) is 4.65. The molecule has 38 heavy (non-hydrogen) atoms. The number of benzene rings is 1. The first kappa shape index (κ1) is 27.3. The summed E-state index contributed by atoms with van der Waals surface area (Å²) < 4.78 is 0. The van der Waals surface area contributed by atoms with Crippen LogP contribution in [0.2, 0.25) is 10.0 Å². The number of carbonyl (C=O) groups is 3. The van der Waals surface area contributed by atoms with E-state index in [2.05, 4.69) is 15.3 Å². The molecule has 4 rings (SSSR count). The molecule has 3 N–H and O–H groups in total. The first-order valence-electron chi connectivity index (χ1n) is 12.2. The molecule has 0 bridgehead atoms. The van der Waals surface area contributed by atoms with E-state index in [0.717, 1.165) is 16.9 Å². The van der Waals surface area contributed by atoms with E-state index >= 15 is 0 Å². The summed E-state index contributed by atoms with van der Waals surface area (Å²) in [6, 6.07) is 9.58. The zero-order valence-corrected chi connectivity index (χ0v) is 22.5. The molecule has 4 amide bonds. The van der Waals surface area contributed by atoms with Crippen LogP contribution >= 0.6 is 23.2 Å². The number of likely N-dealkylation sites (N-methyl/N-ethyl adjacent to an activating group) is 1. The molecule has 0 aliphatic carbocycles. The maximum atomic E-state index is 13.7. The highest BCUT2D eigenvalue weighted by Crippen LogP contribution is 2.34. The Kier molecular flexibility index (Phi) is 8.48. The first-order chi connectivity index (χ1) is 18.2. The van der Waals surface area contributed by atoms with E-state index in [1.807, 2.05) is 6.92 Å². The highest BCUT2D eigenvalue weighted by molar-refractivity contribution is 6.33. The number of nitrogens with one attached hydrogen (secondary N) is 1. The van der Waals surface area contributed by atoms with Crippen LogP contribution in [0.4, 0.5) is 16.3 Å². The van der Waals surface area contributed by atoms with Gasteiger partial charge >= 0.3 is 6.03 Å². The summed E-state index contributed by atoms with van der Waals surface area (Å²) >= 11 is 12.6. The fourth-order valence-corrected chi connectivity index (χ4v) is 5.05. The van der Waals surface area contributed by atoms with Crippen molar-refractivity contribution in [3.63, 3.8) is 0 Å². The van der Waals surface area contributed by atoms with Crippen LogP contribution < -0.4 is 16.0 Å². The fraction of sp³-hybridized carbons (Fsp3) is 0.296. The average Bonchev–Trinajstić information content (AvgIpc) is 2.91. The quantitative estimate of drug-likeness (QED) is 0.391. The molecular weight excluding hydrogens is 527 g/mol. The molecule has 11 heteroatoms. The van der Waals surface area contributed by atoms with Crippen molar-refractivity contribution in [2.24, 2.45) is 5.92 Å². The number of hydrogen-bond acceptors (Lipinski definition) is 6. The molecule has 198 valence electrons. The van der Waals surface area contributed by atoms with Gasteiger partial charge in [-0.3, -0.25) is 19.5 Å². The number of nitrogens with zero attached hydrogens (tertiary/aromatic N) is 4. The van der Waals surface area contributed by atoms with Crippen LogP contribution in [0.1, 0.15) is 36.9 Å². The Hall–Kier alpha value is -3.69. The third-order valence-corrected chi connectivity index (χ3v) is 7.16. The van der Waals surface area contributed by atoms with E-state index in [-0.39, 0.29) is 6.42 Å². The summed E-state index contributed by atoms with van der Waals surface area (Å²) in [6.45, 7) is 1.97. The van der Waals surface area contributed by atoms with Crippen LogP contribution in [0, 0.1) is 5.92 Å². The second kappa shape index (κ2) is 11.8. The smallest absolute Gasteiger partial charge is 0.325 e. The lowest BCUT2D eigenvalue weighted by Crippen LogP contribution is -2.70. The van der Waals surface area contributed by atoms with Crippen molar-refractivity contribution in [2.45, 2.75) is 38.3 Å². The molecule has 1 saturated heterocycles. The van der Waals surface area contributed by atoms with Gasteiger partial charge in [-0.25, -0.2) is 9.78 Å². The number of amides is 4. The normalized spacial score (nSPS) is 17.5. The van der Waals surface area contributed by atoms with Crippen LogP contribution in [0.15, 0.2) is 61.1 Å². The molecule has 3 atom stereocenters. The highest BCUT2D eigenvalue weighted by Gasteiger charge is 2.55. The maximum Gasteiger partial charge on any atom is 0.325 e. The number of β-lactam (4-membered cyclic amide) rings is 1. The highest BCUT2D eigenvalue weighted by atomic mass is 35.5. The van der Waals surface area contributed by atoms with Gasteiger partial charge in [0.05, 0.1) is 12.0 Å². The number of carbonyl (C=O) groups excluding carboxylic acids is 3. The lowest BCUT2D eigenvalue weighted by molar-refractivity contribution is -0.156. The summed E-state index contributed by atoms with van der Waals surface area (Å²) in [5.41, 5.74) is 7.79. The largest absolute Gasteiger partial charge is 0.384 e. The van der Waals surface area contributed by atoms with Crippen molar-refractivity contribution >= 4 is 52.6 Å². The summed E-state index contributed by atoms with van der Waals surface area (Å²) in [6.07, 6.45) is 6.20. The van der Waals surface area contributed by atoms with Crippen LogP contribution in [0.25, 0.3) is 0 Å². The standard InChI is InChI=1S/C27H28Cl2N6O3/c1-3-4-22(19-15-17(28)5-6-21(19)29)33-27(38)35-24(26(37)34(2)18-8-10-31-11-9-18)20(25(35)36)13-16-7-12-32-23(30)14-16/h5-12,14-15,20,22,24H,3-4,13H2,1-2H3,(H2,30,32)(H,33,38)/t20-,22-,24+/m1/s1. The predicted molar refractivity (Wildman–Crippen MR) is 147 cm³/mol. The molecule has 1 aliphatic heterocycles. The van der Waals surface area contributed by atoms with Gasteiger partial charge in [-0.1, -0.05) is 36.5 Å². The number of nitrogens with two attached hydrogens (primary N) is 1. The summed E-state index contributed by atoms with van der Waals surface area (Å²) in [7, 11) is 1.60. The number of halogens is 2. The molecule has 3 heterocycles. The van der Waals surface area contributed by atoms with E-state index < -0.39 is 35.8 Å². The van der Waals surface area contributed by atoms with E-state index in [0.29, 0.717) is 33.5 Å². The van der Waals surface area contributed by atoms with Crippen LogP contribution in [0.5, 0.6) is 0 Å². The van der Waals surface area contributed by atoms with Gasteiger partial charge < -0.3 is 16.0 Å². The van der Waals surface area contributed by atoms with Gasteiger partial charge in [-0.15, -0.1) is 0 Å². The van der Waals surface area contributed by atoms with Gasteiger partial charge in [0.1, 0.15) is 11.9 Å². The Labute approximate surface area is 230 Å². The second-order valence-corrected chi connectivity index (χ2v) is 9.96. The minimum absolute atomic E-state index is 0.231. The van der Waals surface area contributed by atoms with Gasteiger partial charge in [0.15, 0.2) is 0 Å². The molecule has 1 aromatic carbocycles. The van der Waals surface area contributed by atoms with Crippen molar-refractivity contribution in [1.29, 1.82) is 0 Å². The Morgan fingerprint density at radius 2 is 1.87 bits per heavy atom.